The maximum atomic E-state index is 13.0. The van der Waals surface area contributed by atoms with Crippen LogP contribution in [0, 0.1) is 0 Å². The Kier molecular flexibility index (Phi) is 4.09. The van der Waals surface area contributed by atoms with E-state index < -0.39 is 0 Å². The van der Waals surface area contributed by atoms with E-state index in [0.29, 0.717) is 12.8 Å². The minimum absolute atomic E-state index is 0.0841. The van der Waals surface area contributed by atoms with Gasteiger partial charge in [-0.05, 0) is 43.9 Å². The Morgan fingerprint density at radius 3 is 2.73 bits per heavy atom. The number of fused-ring (bicyclic) bond motifs is 2. The molecule has 0 radical (unpaired) electrons. The van der Waals surface area contributed by atoms with Crippen molar-refractivity contribution in [2.75, 3.05) is 0 Å². The van der Waals surface area contributed by atoms with Gasteiger partial charge in [0.2, 0.25) is 5.91 Å². The first-order valence-corrected chi connectivity index (χ1v) is 9.72. The number of Topliss-reactive ketones (excluding diaryl/α,β-unsaturated/α-hetero) is 1. The van der Waals surface area contributed by atoms with E-state index in [9.17, 15) is 9.59 Å². The fourth-order valence-corrected chi connectivity index (χ4v) is 4.76. The van der Waals surface area contributed by atoms with E-state index in [0.717, 1.165) is 21.7 Å². The third-order valence-corrected chi connectivity index (χ3v) is 5.90. The summed E-state index contributed by atoms with van der Waals surface area (Å²) in [6.45, 7) is 5.78. The van der Waals surface area contributed by atoms with Gasteiger partial charge >= 0.3 is 0 Å². The molecule has 3 heterocycles. The van der Waals surface area contributed by atoms with Crippen molar-refractivity contribution in [3.05, 3.63) is 57.8 Å². The first-order chi connectivity index (χ1) is 12.4. The molecule has 1 fully saturated rings. The zero-order chi connectivity index (χ0) is 18.5. The number of amides is 1. The van der Waals surface area contributed by atoms with Crippen LogP contribution < -0.4 is 0 Å². The summed E-state index contributed by atoms with van der Waals surface area (Å²) in [5.41, 5.74) is 2.72. The van der Waals surface area contributed by atoms with Crippen LogP contribution in [-0.2, 0) is 9.59 Å². The first kappa shape index (κ1) is 17.2. The molecule has 2 aliphatic rings. The largest absolute Gasteiger partial charge is 0.300 e. The lowest BCUT2D eigenvalue weighted by molar-refractivity contribution is -0.139. The van der Waals surface area contributed by atoms with Crippen molar-refractivity contribution in [3.63, 3.8) is 0 Å². The molecule has 0 N–H and O–H groups in total. The second-order valence-corrected chi connectivity index (χ2v) is 8.57. The number of hydrazine groups is 1. The lowest BCUT2D eigenvalue weighted by Gasteiger charge is -2.47. The fourth-order valence-electron chi connectivity index (χ4n) is 4.11. The highest BCUT2D eigenvalue weighted by atomic mass is 32.1. The maximum Gasteiger partial charge on any atom is 0.243 e. The zero-order valence-electron chi connectivity index (χ0n) is 15.2. The van der Waals surface area contributed by atoms with Crippen LogP contribution in [0.3, 0.4) is 0 Å². The van der Waals surface area contributed by atoms with Crippen LogP contribution in [0.25, 0.3) is 11.8 Å². The van der Waals surface area contributed by atoms with E-state index in [2.05, 4.69) is 43.1 Å². The highest BCUT2D eigenvalue weighted by Crippen LogP contribution is 2.49. The average molecular weight is 366 g/mol. The Morgan fingerprint density at radius 2 is 2.04 bits per heavy atom. The van der Waals surface area contributed by atoms with Crippen LogP contribution in [0.5, 0.6) is 0 Å². The summed E-state index contributed by atoms with van der Waals surface area (Å²) in [6, 6.07) is 12.1. The van der Waals surface area contributed by atoms with Crippen molar-refractivity contribution < 1.29 is 9.59 Å². The summed E-state index contributed by atoms with van der Waals surface area (Å²) in [5.74, 6) is 0.214. The molecule has 1 atom stereocenters. The molecule has 1 aromatic carbocycles. The quantitative estimate of drug-likeness (QED) is 0.803. The normalized spacial score (nSPS) is 23.2. The Labute approximate surface area is 157 Å². The SMILES string of the molecule is CC(=O)CC1c2ccccc2/C(=C/c2cccs2)N2C(=O)CC(C)(C)N12. The van der Waals surface area contributed by atoms with E-state index >= 15 is 0 Å². The molecule has 134 valence electrons. The summed E-state index contributed by atoms with van der Waals surface area (Å²) in [7, 11) is 0. The Morgan fingerprint density at radius 1 is 1.27 bits per heavy atom. The molecule has 5 heteroatoms. The molecule has 0 aliphatic carbocycles. The molecule has 0 spiro atoms. The molecule has 0 bridgehead atoms. The molecule has 1 amide bonds. The van der Waals surface area contributed by atoms with Gasteiger partial charge in [-0.3, -0.25) is 9.59 Å². The molecular weight excluding hydrogens is 344 g/mol. The zero-order valence-corrected chi connectivity index (χ0v) is 16.0. The topological polar surface area (TPSA) is 40.6 Å². The van der Waals surface area contributed by atoms with Crippen molar-refractivity contribution in [3.8, 4) is 0 Å². The standard InChI is InChI=1S/C21H22N2O2S/c1-14(24)11-19-17-9-5-4-8-16(17)18(12-15-7-6-10-26-15)22-20(25)13-21(2,3)23(19)22/h4-10,12,19H,11,13H2,1-3H3/b18-12-. The molecule has 4 nitrogen and oxygen atoms in total. The van der Waals surface area contributed by atoms with Gasteiger partial charge in [-0.2, -0.15) is 5.01 Å². The summed E-state index contributed by atoms with van der Waals surface area (Å²) in [4.78, 5) is 26.1. The second-order valence-electron chi connectivity index (χ2n) is 7.59. The Bertz CT molecular complexity index is 898. The van der Waals surface area contributed by atoms with E-state index in [-0.39, 0.29) is 23.3 Å². The van der Waals surface area contributed by atoms with Crippen LogP contribution in [0.2, 0.25) is 0 Å². The van der Waals surface area contributed by atoms with Gasteiger partial charge in [0.05, 0.1) is 11.7 Å². The average Bonchev–Trinajstić information content (AvgIpc) is 3.16. The monoisotopic (exact) mass is 366 g/mol. The van der Waals surface area contributed by atoms with Crippen LogP contribution in [0.15, 0.2) is 41.8 Å². The lowest BCUT2D eigenvalue weighted by Crippen LogP contribution is -2.51. The molecule has 1 unspecified atom stereocenters. The summed E-state index contributed by atoms with van der Waals surface area (Å²) >= 11 is 1.65. The molecule has 0 saturated carbocycles. The molecule has 1 saturated heterocycles. The predicted octanol–water partition coefficient (Wildman–Crippen LogP) is 4.51. The van der Waals surface area contributed by atoms with Gasteiger partial charge in [0.25, 0.3) is 0 Å². The first-order valence-electron chi connectivity index (χ1n) is 8.84. The molecule has 26 heavy (non-hydrogen) atoms. The minimum Gasteiger partial charge on any atom is -0.300 e. The Balaban J connectivity index is 1.95. The van der Waals surface area contributed by atoms with Crippen molar-refractivity contribution in [2.24, 2.45) is 0 Å². The van der Waals surface area contributed by atoms with E-state index in [1.165, 1.54) is 0 Å². The van der Waals surface area contributed by atoms with E-state index in [4.69, 9.17) is 0 Å². The minimum atomic E-state index is -0.334. The van der Waals surface area contributed by atoms with Gasteiger partial charge in [-0.25, -0.2) is 5.01 Å². The number of nitrogens with zero attached hydrogens (tertiary/aromatic N) is 2. The van der Waals surface area contributed by atoms with Gasteiger partial charge in [0.15, 0.2) is 0 Å². The lowest BCUT2D eigenvalue weighted by atomic mass is 9.89. The maximum absolute atomic E-state index is 13.0. The third-order valence-electron chi connectivity index (χ3n) is 5.08. The number of hydrogen-bond acceptors (Lipinski definition) is 4. The summed E-state index contributed by atoms with van der Waals surface area (Å²) in [6.07, 6.45) is 2.92. The highest BCUT2D eigenvalue weighted by Gasteiger charge is 2.52. The Hall–Kier alpha value is -2.24. The van der Waals surface area contributed by atoms with Gasteiger partial charge in [0.1, 0.15) is 5.78 Å². The number of benzene rings is 1. The predicted molar refractivity (Wildman–Crippen MR) is 104 cm³/mol. The second kappa shape index (κ2) is 6.18. The number of rotatable bonds is 3. The third kappa shape index (κ3) is 2.72. The number of ketones is 1. The van der Waals surface area contributed by atoms with Crippen LogP contribution >= 0.6 is 11.3 Å². The van der Waals surface area contributed by atoms with Gasteiger partial charge in [0, 0.05) is 28.8 Å². The van der Waals surface area contributed by atoms with Crippen LogP contribution in [-0.4, -0.2) is 27.2 Å². The summed E-state index contributed by atoms with van der Waals surface area (Å²) < 4.78 is 0. The smallest absolute Gasteiger partial charge is 0.243 e. The molecule has 1 aromatic heterocycles. The number of thiophene rings is 1. The summed E-state index contributed by atoms with van der Waals surface area (Å²) in [5, 5.41) is 5.97. The van der Waals surface area contributed by atoms with Crippen LogP contribution in [0.1, 0.15) is 55.7 Å². The fraction of sp³-hybridized carbons (Fsp3) is 0.333. The van der Waals surface area contributed by atoms with Gasteiger partial charge in [-0.15, -0.1) is 11.3 Å². The molecular formula is C21H22N2O2S. The van der Waals surface area contributed by atoms with E-state index in [1.54, 1.807) is 18.3 Å². The molecule has 4 rings (SSSR count). The van der Waals surface area contributed by atoms with Crippen LogP contribution in [0.4, 0.5) is 0 Å². The van der Waals surface area contributed by atoms with E-state index in [1.807, 2.05) is 28.6 Å². The molecule has 2 aliphatic heterocycles. The number of carbonyl (C=O) groups is 2. The van der Waals surface area contributed by atoms with Crippen molar-refractivity contribution in [1.82, 2.24) is 10.0 Å². The number of carbonyl (C=O) groups excluding carboxylic acids is 2. The van der Waals surface area contributed by atoms with Crippen molar-refractivity contribution in [1.29, 1.82) is 0 Å². The highest BCUT2D eigenvalue weighted by molar-refractivity contribution is 7.10. The number of hydrogen-bond donors (Lipinski definition) is 0. The molecule has 2 aromatic rings. The van der Waals surface area contributed by atoms with Gasteiger partial charge in [-0.1, -0.05) is 30.3 Å². The van der Waals surface area contributed by atoms with Crippen molar-refractivity contribution >= 4 is 34.8 Å². The van der Waals surface area contributed by atoms with Gasteiger partial charge < -0.3 is 0 Å². The van der Waals surface area contributed by atoms with Crippen molar-refractivity contribution in [2.45, 2.75) is 45.2 Å².